The fourth-order valence-electron chi connectivity index (χ4n) is 1.45. The Morgan fingerprint density at radius 1 is 1.50 bits per heavy atom. The molecule has 1 aromatic rings. The molecule has 0 aromatic carbocycles. The van der Waals surface area contributed by atoms with Gasteiger partial charge in [-0.25, -0.2) is 0 Å². The Balaban J connectivity index is 2.59. The summed E-state index contributed by atoms with van der Waals surface area (Å²) in [6.45, 7) is 9.76. The average molecular weight is 263 g/mol. The second-order valence-electron chi connectivity index (χ2n) is 4.66. The molecule has 1 heterocycles. The maximum absolute atomic E-state index is 5.99. The molecular weight excluding hydrogens is 244 g/mol. The van der Waals surface area contributed by atoms with Crippen molar-refractivity contribution in [1.29, 1.82) is 0 Å². The van der Waals surface area contributed by atoms with E-state index in [0.717, 1.165) is 25.3 Å². The van der Waals surface area contributed by atoms with Crippen molar-refractivity contribution in [3.05, 3.63) is 10.0 Å². The van der Waals surface area contributed by atoms with E-state index >= 15 is 0 Å². The highest BCUT2D eigenvalue weighted by molar-refractivity contribution is 7.10. The van der Waals surface area contributed by atoms with Crippen molar-refractivity contribution in [2.75, 3.05) is 19.6 Å². The van der Waals surface area contributed by atoms with Gasteiger partial charge >= 0.3 is 0 Å². The lowest BCUT2D eigenvalue weighted by Gasteiger charge is -2.30. The molecule has 0 unspecified atom stereocenters. The molecule has 1 rings (SSSR count). The Hall–Kier alpha value is -0.230. The summed E-state index contributed by atoms with van der Waals surface area (Å²) in [5.74, 6) is 0. The number of nitrogens with zero attached hydrogens (tertiary/aromatic N) is 3. The Morgan fingerprint density at radius 3 is 2.62 bits per heavy atom. The van der Waals surface area contributed by atoms with Crippen LogP contribution in [0.25, 0.3) is 0 Å². The SMILES string of the molecule is CCN(Cc1nnsc1Cl)CC(C)(C)CN. The van der Waals surface area contributed by atoms with Crippen LogP contribution in [0, 0.1) is 5.41 Å². The maximum Gasteiger partial charge on any atom is 0.138 e. The second-order valence-corrected chi connectivity index (χ2v) is 6.02. The monoisotopic (exact) mass is 262 g/mol. The minimum atomic E-state index is 0.117. The molecule has 1 aromatic heterocycles. The predicted molar refractivity (Wildman–Crippen MR) is 68.7 cm³/mol. The highest BCUT2D eigenvalue weighted by atomic mass is 35.5. The fourth-order valence-corrected chi connectivity index (χ4v) is 2.06. The molecule has 0 spiro atoms. The summed E-state index contributed by atoms with van der Waals surface area (Å²) in [5.41, 5.74) is 6.71. The van der Waals surface area contributed by atoms with E-state index in [1.54, 1.807) is 0 Å². The van der Waals surface area contributed by atoms with Gasteiger partial charge in [-0.3, -0.25) is 4.90 Å². The molecule has 0 aliphatic heterocycles. The molecule has 4 nitrogen and oxygen atoms in total. The van der Waals surface area contributed by atoms with Gasteiger partial charge in [0.05, 0.1) is 0 Å². The van der Waals surface area contributed by atoms with Crippen LogP contribution in [0.4, 0.5) is 0 Å². The van der Waals surface area contributed by atoms with Crippen LogP contribution in [0.5, 0.6) is 0 Å². The van der Waals surface area contributed by atoms with Crippen molar-refractivity contribution in [2.24, 2.45) is 11.1 Å². The van der Waals surface area contributed by atoms with Crippen LogP contribution < -0.4 is 5.73 Å². The van der Waals surface area contributed by atoms with Crippen LogP contribution in [0.2, 0.25) is 4.34 Å². The van der Waals surface area contributed by atoms with Crippen LogP contribution >= 0.6 is 23.1 Å². The third-order valence-corrected chi connectivity index (χ3v) is 3.52. The Kier molecular flexibility index (Phi) is 5.11. The highest BCUT2D eigenvalue weighted by Gasteiger charge is 2.20. The zero-order chi connectivity index (χ0) is 12.2. The largest absolute Gasteiger partial charge is 0.330 e. The topological polar surface area (TPSA) is 55.0 Å². The lowest BCUT2D eigenvalue weighted by molar-refractivity contribution is 0.182. The first-order valence-corrected chi connectivity index (χ1v) is 6.53. The van der Waals surface area contributed by atoms with Crippen molar-refractivity contribution in [1.82, 2.24) is 14.5 Å². The zero-order valence-electron chi connectivity index (χ0n) is 10.0. The number of rotatable bonds is 6. The molecule has 0 saturated heterocycles. The van der Waals surface area contributed by atoms with Gasteiger partial charge in [0, 0.05) is 24.6 Å². The fraction of sp³-hybridized carbons (Fsp3) is 0.800. The van der Waals surface area contributed by atoms with E-state index < -0.39 is 0 Å². The first-order chi connectivity index (χ1) is 7.48. The van der Waals surface area contributed by atoms with Gasteiger partial charge in [0.2, 0.25) is 0 Å². The van der Waals surface area contributed by atoms with E-state index in [1.165, 1.54) is 11.5 Å². The van der Waals surface area contributed by atoms with Crippen LogP contribution in [0.1, 0.15) is 26.5 Å². The van der Waals surface area contributed by atoms with Crippen molar-refractivity contribution in [2.45, 2.75) is 27.3 Å². The second kappa shape index (κ2) is 5.91. The van der Waals surface area contributed by atoms with E-state index in [4.69, 9.17) is 17.3 Å². The van der Waals surface area contributed by atoms with Crippen molar-refractivity contribution < 1.29 is 0 Å². The number of halogens is 1. The molecular formula is C10H19ClN4S. The molecule has 2 N–H and O–H groups in total. The molecule has 0 amide bonds. The third-order valence-electron chi connectivity index (χ3n) is 2.53. The lowest BCUT2D eigenvalue weighted by Crippen LogP contribution is -2.38. The summed E-state index contributed by atoms with van der Waals surface area (Å²) in [7, 11) is 0. The average Bonchev–Trinajstić information content (AvgIpc) is 2.63. The van der Waals surface area contributed by atoms with E-state index in [1.807, 2.05) is 0 Å². The van der Waals surface area contributed by atoms with E-state index in [-0.39, 0.29) is 5.41 Å². The van der Waals surface area contributed by atoms with Gasteiger partial charge in [0.1, 0.15) is 10.0 Å². The van der Waals surface area contributed by atoms with Crippen LogP contribution in [-0.2, 0) is 6.54 Å². The zero-order valence-corrected chi connectivity index (χ0v) is 11.6. The lowest BCUT2D eigenvalue weighted by atomic mass is 9.93. The number of aromatic nitrogens is 2. The summed E-state index contributed by atoms with van der Waals surface area (Å²) in [4.78, 5) is 2.29. The summed E-state index contributed by atoms with van der Waals surface area (Å²) >= 11 is 7.22. The molecule has 92 valence electrons. The third kappa shape index (κ3) is 3.97. The first-order valence-electron chi connectivity index (χ1n) is 5.37. The number of hydrogen-bond donors (Lipinski definition) is 1. The van der Waals surface area contributed by atoms with Crippen molar-refractivity contribution in [3.63, 3.8) is 0 Å². The molecule has 0 aliphatic carbocycles. The number of nitrogens with two attached hydrogens (primary N) is 1. The predicted octanol–water partition coefficient (Wildman–Crippen LogP) is 2.00. The minimum absolute atomic E-state index is 0.117. The molecule has 0 bridgehead atoms. The van der Waals surface area contributed by atoms with E-state index in [9.17, 15) is 0 Å². The number of hydrogen-bond acceptors (Lipinski definition) is 5. The standard InChI is InChI=1S/C10H19ClN4S/c1-4-15(7-10(2,3)6-12)5-8-9(11)16-14-13-8/h4-7,12H2,1-3H3. The van der Waals surface area contributed by atoms with Crippen LogP contribution in [0.3, 0.4) is 0 Å². The molecule has 0 saturated carbocycles. The molecule has 0 atom stereocenters. The van der Waals surface area contributed by atoms with Gasteiger partial charge in [0.25, 0.3) is 0 Å². The highest BCUT2D eigenvalue weighted by Crippen LogP contribution is 2.21. The van der Waals surface area contributed by atoms with Gasteiger partial charge < -0.3 is 5.73 Å². The summed E-state index contributed by atoms with van der Waals surface area (Å²) < 4.78 is 4.52. The Labute approximate surface area is 106 Å². The van der Waals surface area contributed by atoms with Crippen LogP contribution in [0.15, 0.2) is 0 Å². The van der Waals surface area contributed by atoms with Crippen LogP contribution in [-0.4, -0.2) is 34.1 Å². The summed E-state index contributed by atoms with van der Waals surface area (Å²) in [6.07, 6.45) is 0. The molecule has 0 radical (unpaired) electrons. The Morgan fingerprint density at radius 2 is 2.19 bits per heavy atom. The molecule has 16 heavy (non-hydrogen) atoms. The van der Waals surface area contributed by atoms with Crippen molar-refractivity contribution >= 4 is 23.1 Å². The summed E-state index contributed by atoms with van der Waals surface area (Å²) in [6, 6.07) is 0. The molecule has 0 fully saturated rings. The first kappa shape index (κ1) is 13.8. The van der Waals surface area contributed by atoms with E-state index in [0.29, 0.717) is 10.9 Å². The van der Waals surface area contributed by atoms with Gasteiger partial charge in [-0.1, -0.05) is 36.9 Å². The summed E-state index contributed by atoms with van der Waals surface area (Å²) in [5, 5.41) is 4.02. The normalized spacial score (nSPS) is 12.4. The van der Waals surface area contributed by atoms with Gasteiger partial charge in [-0.2, -0.15) is 0 Å². The quantitative estimate of drug-likeness (QED) is 0.852. The van der Waals surface area contributed by atoms with E-state index in [2.05, 4.69) is 35.3 Å². The molecule has 6 heteroatoms. The van der Waals surface area contributed by atoms with Gasteiger partial charge in [0.15, 0.2) is 0 Å². The molecule has 0 aliphatic rings. The Bertz CT molecular complexity index is 326. The smallest absolute Gasteiger partial charge is 0.138 e. The van der Waals surface area contributed by atoms with Gasteiger partial charge in [-0.15, -0.1) is 5.10 Å². The maximum atomic E-state index is 5.99. The van der Waals surface area contributed by atoms with Gasteiger partial charge in [-0.05, 0) is 18.5 Å². The van der Waals surface area contributed by atoms with Crippen molar-refractivity contribution in [3.8, 4) is 0 Å². The minimum Gasteiger partial charge on any atom is -0.330 e.